The first-order chi connectivity index (χ1) is 7.20. The number of thiazole rings is 1. The summed E-state index contributed by atoms with van der Waals surface area (Å²) < 4.78 is 0. The third-order valence-corrected chi connectivity index (χ3v) is 3.99. The van der Waals surface area contributed by atoms with Gasteiger partial charge in [-0.1, -0.05) is 6.92 Å². The van der Waals surface area contributed by atoms with Crippen molar-refractivity contribution in [2.24, 2.45) is 5.73 Å². The van der Waals surface area contributed by atoms with Gasteiger partial charge in [-0.2, -0.15) is 0 Å². The van der Waals surface area contributed by atoms with Crippen molar-refractivity contribution in [3.8, 4) is 0 Å². The number of aryl methyl sites for hydroxylation is 1. The summed E-state index contributed by atoms with van der Waals surface area (Å²) in [4.78, 5) is 7.03. The van der Waals surface area contributed by atoms with Gasteiger partial charge in [-0.25, -0.2) is 4.98 Å². The van der Waals surface area contributed by atoms with Crippen molar-refractivity contribution in [3.05, 3.63) is 11.1 Å². The second-order valence-electron chi connectivity index (χ2n) is 4.30. The van der Waals surface area contributed by atoms with Crippen LogP contribution in [0.1, 0.15) is 32.4 Å². The molecule has 1 aromatic rings. The average Bonchev–Trinajstić information content (AvgIpc) is 2.66. The Labute approximate surface area is 95.3 Å². The Hall–Kier alpha value is -0.610. The van der Waals surface area contributed by atoms with E-state index in [-0.39, 0.29) is 0 Å². The number of aromatic nitrogens is 1. The lowest BCUT2D eigenvalue weighted by molar-refractivity contribution is 0.429. The van der Waals surface area contributed by atoms with Gasteiger partial charge in [-0.3, -0.25) is 0 Å². The molecule has 0 radical (unpaired) electrons. The van der Waals surface area contributed by atoms with Gasteiger partial charge in [0.25, 0.3) is 0 Å². The van der Waals surface area contributed by atoms with Crippen LogP contribution in [0.3, 0.4) is 0 Å². The number of anilines is 1. The number of nitrogens with zero attached hydrogens (tertiary/aromatic N) is 2. The van der Waals surface area contributed by atoms with E-state index in [1.54, 1.807) is 11.3 Å². The van der Waals surface area contributed by atoms with Gasteiger partial charge in [0.1, 0.15) is 0 Å². The van der Waals surface area contributed by atoms with E-state index < -0.39 is 0 Å². The minimum absolute atomic E-state index is 0.377. The van der Waals surface area contributed by atoms with Crippen molar-refractivity contribution in [3.63, 3.8) is 0 Å². The Morgan fingerprint density at radius 2 is 2.47 bits per heavy atom. The van der Waals surface area contributed by atoms with E-state index in [2.05, 4.69) is 29.1 Å². The molecule has 2 heterocycles. The molecular weight excluding hydrogens is 206 g/mol. The van der Waals surface area contributed by atoms with Crippen LogP contribution in [-0.4, -0.2) is 23.6 Å². The summed E-state index contributed by atoms with van der Waals surface area (Å²) in [5.41, 5.74) is 7.16. The highest BCUT2D eigenvalue weighted by atomic mass is 32.1. The van der Waals surface area contributed by atoms with Crippen molar-refractivity contribution < 1.29 is 0 Å². The van der Waals surface area contributed by atoms with E-state index in [0.717, 1.165) is 25.8 Å². The summed E-state index contributed by atoms with van der Waals surface area (Å²) in [5, 5.41) is 3.34. The number of piperidine rings is 1. The first kappa shape index (κ1) is 10.9. The van der Waals surface area contributed by atoms with Crippen molar-refractivity contribution in [1.29, 1.82) is 0 Å². The summed E-state index contributed by atoms with van der Waals surface area (Å²) in [7, 11) is 0. The summed E-state index contributed by atoms with van der Waals surface area (Å²) in [6, 6.07) is 0.909. The van der Waals surface area contributed by atoms with Crippen LogP contribution in [0.4, 0.5) is 5.13 Å². The monoisotopic (exact) mass is 225 g/mol. The topological polar surface area (TPSA) is 42.1 Å². The molecule has 1 aliphatic rings. The number of hydrogen-bond acceptors (Lipinski definition) is 4. The second-order valence-corrected chi connectivity index (χ2v) is 5.14. The van der Waals surface area contributed by atoms with E-state index in [1.165, 1.54) is 10.8 Å². The third-order valence-electron chi connectivity index (χ3n) is 3.06. The lowest BCUT2D eigenvalue weighted by Gasteiger charge is -2.36. The van der Waals surface area contributed by atoms with Crippen molar-refractivity contribution in [2.45, 2.75) is 45.2 Å². The zero-order chi connectivity index (χ0) is 10.8. The molecular formula is C11H19N3S. The molecule has 1 aromatic heterocycles. The first-order valence-corrected chi connectivity index (χ1v) is 6.55. The first-order valence-electron chi connectivity index (χ1n) is 5.67. The van der Waals surface area contributed by atoms with Gasteiger partial charge in [0, 0.05) is 24.0 Å². The van der Waals surface area contributed by atoms with Gasteiger partial charge < -0.3 is 10.6 Å². The van der Waals surface area contributed by atoms with Crippen LogP contribution in [-0.2, 0) is 6.42 Å². The molecule has 2 atom stereocenters. The molecule has 4 heteroatoms. The molecule has 0 spiro atoms. The average molecular weight is 225 g/mol. The van der Waals surface area contributed by atoms with Gasteiger partial charge in [-0.05, 0) is 26.2 Å². The van der Waals surface area contributed by atoms with Crippen LogP contribution >= 0.6 is 11.3 Å². The summed E-state index contributed by atoms with van der Waals surface area (Å²) in [6.45, 7) is 5.44. The van der Waals surface area contributed by atoms with E-state index in [4.69, 9.17) is 5.73 Å². The molecule has 0 aromatic carbocycles. The molecule has 2 unspecified atom stereocenters. The molecule has 0 saturated carbocycles. The van der Waals surface area contributed by atoms with Gasteiger partial charge in [0.05, 0.1) is 5.69 Å². The maximum atomic E-state index is 5.95. The van der Waals surface area contributed by atoms with Crippen molar-refractivity contribution >= 4 is 16.5 Å². The summed E-state index contributed by atoms with van der Waals surface area (Å²) in [5.74, 6) is 0. The molecule has 1 aliphatic heterocycles. The lowest BCUT2D eigenvalue weighted by Crippen LogP contribution is -2.45. The van der Waals surface area contributed by atoms with Gasteiger partial charge in [0.2, 0.25) is 0 Å². The fraction of sp³-hybridized carbons (Fsp3) is 0.727. The van der Waals surface area contributed by atoms with Crippen LogP contribution < -0.4 is 10.6 Å². The minimum Gasteiger partial charge on any atom is -0.345 e. The van der Waals surface area contributed by atoms with Crippen LogP contribution in [0.2, 0.25) is 0 Å². The van der Waals surface area contributed by atoms with E-state index in [1.807, 2.05) is 0 Å². The second kappa shape index (κ2) is 4.49. The molecule has 15 heavy (non-hydrogen) atoms. The summed E-state index contributed by atoms with van der Waals surface area (Å²) in [6.07, 6.45) is 3.20. The predicted molar refractivity (Wildman–Crippen MR) is 65.5 cm³/mol. The van der Waals surface area contributed by atoms with Crippen LogP contribution in [0.25, 0.3) is 0 Å². The molecule has 1 saturated heterocycles. The SMILES string of the molecule is CCc1csc(N2CCC(N)CC2C)n1. The van der Waals surface area contributed by atoms with Gasteiger partial charge in [-0.15, -0.1) is 11.3 Å². The maximum Gasteiger partial charge on any atom is 0.185 e. The maximum absolute atomic E-state index is 5.95. The molecule has 0 aliphatic carbocycles. The lowest BCUT2D eigenvalue weighted by atomic mass is 10.00. The Morgan fingerprint density at radius 3 is 3.07 bits per heavy atom. The van der Waals surface area contributed by atoms with Crippen LogP contribution in [0.5, 0.6) is 0 Å². The molecule has 2 rings (SSSR count). The quantitative estimate of drug-likeness (QED) is 0.837. The standard InChI is InChI=1S/C11H19N3S/c1-3-10-7-15-11(13-10)14-5-4-9(12)6-8(14)2/h7-9H,3-6,12H2,1-2H3. The van der Waals surface area contributed by atoms with E-state index in [9.17, 15) is 0 Å². The smallest absolute Gasteiger partial charge is 0.185 e. The van der Waals surface area contributed by atoms with Crippen molar-refractivity contribution in [2.75, 3.05) is 11.4 Å². The zero-order valence-electron chi connectivity index (χ0n) is 9.44. The molecule has 2 N–H and O–H groups in total. The van der Waals surface area contributed by atoms with Crippen LogP contribution in [0.15, 0.2) is 5.38 Å². The normalized spacial score (nSPS) is 27.0. The van der Waals surface area contributed by atoms with Gasteiger partial charge >= 0.3 is 0 Å². The molecule has 0 bridgehead atoms. The minimum atomic E-state index is 0.377. The van der Waals surface area contributed by atoms with Gasteiger partial charge in [0.15, 0.2) is 5.13 Å². The molecule has 1 fully saturated rings. The number of rotatable bonds is 2. The van der Waals surface area contributed by atoms with E-state index in [0.29, 0.717) is 12.1 Å². The number of hydrogen-bond donors (Lipinski definition) is 1. The highest BCUT2D eigenvalue weighted by molar-refractivity contribution is 7.13. The molecule has 3 nitrogen and oxygen atoms in total. The summed E-state index contributed by atoms with van der Waals surface area (Å²) >= 11 is 1.76. The third kappa shape index (κ3) is 2.32. The fourth-order valence-corrected chi connectivity index (χ4v) is 3.12. The molecule has 84 valence electrons. The molecule has 0 amide bonds. The largest absolute Gasteiger partial charge is 0.345 e. The predicted octanol–water partition coefficient (Wildman–Crippen LogP) is 2.02. The number of nitrogens with two attached hydrogens (primary N) is 1. The Bertz CT molecular complexity index is 323. The Kier molecular flexibility index (Phi) is 3.26. The van der Waals surface area contributed by atoms with Crippen LogP contribution in [0, 0.1) is 0 Å². The zero-order valence-corrected chi connectivity index (χ0v) is 10.3. The highest BCUT2D eigenvalue weighted by Gasteiger charge is 2.24. The Morgan fingerprint density at radius 1 is 1.67 bits per heavy atom. The fourth-order valence-electron chi connectivity index (χ4n) is 2.08. The highest BCUT2D eigenvalue weighted by Crippen LogP contribution is 2.27. The van der Waals surface area contributed by atoms with E-state index >= 15 is 0 Å². The van der Waals surface area contributed by atoms with Crippen molar-refractivity contribution in [1.82, 2.24) is 4.98 Å². The Balaban J connectivity index is 2.09.